The lowest BCUT2D eigenvalue weighted by molar-refractivity contribution is -0.383. The number of hydrogen-bond donors (Lipinski definition) is 1. The van der Waals surface area contributed by atoms with Crippen LogP contribution in [0.1, 0.15) is 12.8 Å². The molecule has 106 valence electrons. The number of aliphatic hydroxyl groups excluding tert-OH is 1. The summed E-state index contributed by atoms with van der Waals surface area (Å²) >= 11 is 0. The van der Waals surface area contributed by atoms with Crippen LogP contribution in [-0.4, -0.2) is 40.0 Å². The molecule has 20 heavy (non-hydrogen) atoms. The van der Waals surface area contributed by atoms with Crippen LogP contribution in [0.2, 0.25) is 0 Å². The van der Waals surface area contributed by atoms with Crippen LogP contribution in [0, 0.1) is 16.0 Å². The van der Waals surface area contributed by atoms with E-state index in [1.165, 1.54) is 6.07 Å². The van der Waals surface area contributed by atoms with Gasteiger partial charge in [0.2, 0.25) is 5.52 Å². The van der Waals surface area contributed by atoms with Crippen LogP contribution in [0.15, 0.2) is 16.8 Å². The van der Waals surface area contributed by atoms with E-state index in [1.807, 2.05) is 0 Å². The molecule has 0 bridgehead atoms. The smallest absolute Gasteiger partial charge is 0.300 e. The minimum absolute atomic E-state index is 0.110. The summed E-state index contributed by atoms with van der Waals surface area (Å²) in [6, 6.07) is 3.09. The molecule has 1 unspecified atom stereocenters. The van der Waals surface area contributed by atoms with Gasteiger partial charge in [0.15, 0.2) is 5.52 Å². The fraction of sp³-hybridized carbons (Fsp3) is 0.500. The zero-order valence-electron chi connectivity index (χ0n) is 10.7. The first-order chi connectivity index (χ1) is 9.70. The molecule has 8 nitrogen and oxygen atoms in total. The lowest BCUT2D eigenvalue weighted by Crippen LogP contribution is -2.36. The van der Waals surface area contributed by atoms with E-state index < -0.39 is 4.92 Å². The Morgan fingerprint density at radius 1 is 1.45 bits per heavy atom. The van der Waals surface area contributed by atoms with Gasteiger partial charge in [-0.25, -0.2) is 4.63 Å². The molecule has 0 radical (unpaired) electrons. The number of fused-ring (bicyclic) bond motifs is 1. The second kappa shape index (κ2) is 5.04. The summed E-state index contributed by atoms with van der Waals surface area (Å²) in [5, 5.41) is 27.7. The van der Waals surface area contributed by atoms with Crippen molar-refractivity contribution in [3.8, 4) is 0 Å². The van der Waals surface area contributed by atoms with Gasteiger partial charge >= 0.3 is 5.69 Å². The topological polar surface area (TPSA) is 106 Å². The molecule has 1 fully saturated rings. The second-order valence-corrected chi connectivity index (χ2v) is 4.96. The van der Waals surface area contributed by atoms with Gasteiger partial charge in [-0.3, -0.25) is 10.1 Å². The van der Waals surface area contributed by atoms with Crippen molar-refractivity contribution in [2.24, 2.45) is 5.92 Å². The molecule has 1 atom stereocenters. The number of hydrogen-bond acceptors (Lipinski definition) is 7. The second-order valence-electron chi connectivity index (χ2n) is 4.96. The minimum Gasteiger partial charge on any atom is -0.396 e. The van der Waals surface area contributed by atoms with Crippen LogP contribution in [0.25, 0.3) is 11.0 Å². The number of aliphatic hydroxyl groups is 1. The average molecular weight is 278 g/mol. The molecule has 0 saturated carbocycles. The van der Waals surface area contributed by atoms with Gasteiger partial charge in [0, 0.05) is 25.8 Å². The molecule has 1 saturated heterocycles. The van der Waals surface area contributed by atoms with E-state index in [-0.39, 0.29) is 23.7 Å². The van der Waals surface area contributed by atoms with Gasteiger partial charge in [-0.15, -0.1) is 0 Å². The molecule has 1 N–H and O–H groups in total. The van der Waals surface area contributed by atoms with Crippen molar-refractivity contribution in [1.29, 1.82) is 0 Å². The predicted molar refractivity (Wildman–Crippen MR) is 70.5 cm³/mol. The highest BCUT2D eigenvalue weighted by molar-refractivity contribution is 5.93. The van der Waals surface area contributed by atoms with Gasteiger partial charge in [0.25, 0.3) is 0 Å². The Morgan fingerprint density at radius 2 is 2.25 bits per heavy atom. The third-order valence-corrected chi connectivity index (χ3v) is 3.69. The minimum atomic E-state index is -0.497. The summed E-state index contributed by atoms with van der Waals surface area (Å²) in [5.41, 5.74) is 1.22. The van der Waals surface area contributed by atoms with Crippen LogP contribution in [0.3, 0.4) is 0 Å². The quantitative estimate of drug-likeness (QED) is 0.667. The van der Waals surface area contributed by atoms with Crippen LogP contribution in [0.4, 0.5) is 11.4 Å². The molecule has 2 heterocycles. The molecule has 1 aromatic heterocycles. The fourth-order valence-corrected chi connectivity index (χ4v) is 2.68. The van der Waals surface area contributed by atoms with Gasteiger partial charge in [-0.1, -0.05) is 0 Å². The van der Waals surface area contributed by atoms with Gasteiger partial charge in [0.1, 0.15) is 0 Å². The van der Waals surface area contributed by atoms with Crippen molar-refractivity contribution in [3.63, 3.8) is 0 Å². The normalized spacial score (nSPS) is 19.4. The largest absolute Gasteiger partial charge is 0.396 e. The summed E-state index contributed by atoms with van der Waals surface area (Å²) in [7, 11) is 0. The molecule has 3 rings (SSSR count). The first-order valence-electron chi connectivity index (χ1n) is 6.46. The van der Waals surface area contributed by atoms with Crippen molar-refractivity contribution in [2.75, 3.05) is 24.6 Å². The lowest BCUT2D eigenvalue weighted by atomic mass is 9.98. The number of nitro benzene ring substituents is 1. The molecule has 0 aliphatic carbocycles. The van der Waals surface area contributed by atoms with E-state index in [0.717, 1.165) is 25.1 Å². The predicted octanol–water partition coefficient (Wildman–Crippen LogP) is 1.34. The highest BCUT2D eigenvalue weighted by Crippen LogP contribution is 2.33. The molecule has 0 spiro atoms. The number of nitrogens with zero attached hydrogens (tertiary/aromatic N) is 4. The zero-order valence-corrected chi connectivity index (χ0v) is 10.7. The maximum atomic E-state index is 10.9. The van der Waals surface area contributed by atoms with Gasteiger partial charge in [-0.2, -0.15) is 0 Å². The summed E-state index contributed by atoms with van der Waals surface area (Å²) in [6.45, 7) is 1.68. The van der Waals surface area contributed by atoms with Crippen LogP contribution in [0.5, 0.6) is 0 Å². The Kier molecular flexibility index (Phi) is 3.23. The number of benzene rings is 1. The number of aromatic nitrogens is 2. The Morgan fingerprint density at radius 3 is 3.00 bits per heavy atom. The Balaban J connectivity index is 2.02. The first kappa shape index (κ1) is 12.8. The highest BCUT2D eigenvalue weighted by atomic mass is 16.6. The maximum absolute atomic E-state index is 10.9. The van der Waals surface area contributed by atoms with Gasteiger partial charge < -0.3 is 10.0 Å². The van der Waals surface area contributed by atoms with Crippen molar-refractivity contribution < 1.29 is 14.7 Å². The van der Waals surface area contributed by atoms with Gasteiger partial charge in [-0.05, 0) is 35.1 Å². The van der Waals surface area contributed by atoms with E-state index in [4.69, 9.17) is 0 Å². The van der Waals surface area contributed by atoms with E-state index in [2.05, 4.69) is 19.8 Å². The van der Waals surface area contributed by atoms with Crippen LogP contribution < -0.4 is 4.90 Å². The SMILES string of the molecule is O=[N+]([O-])c1ccc(N2CCCC(CO)C2)c2nonc12. The molecule has 8 heteroatoms. The zero-order chi connectivity index (χ0) is 14.1. The number of rotatable bonds is 3. The number of piperidine rings is 1. The van der Waals surface area contributed by atoms with Gasteiger partial charge in [0.05, 0.1) is 10.6 Å². The third-order valence-electron chi connectivity index (χ3n) is 3.69. The standard InChI is InChI=1S/C12H14N4O4/c17-7-8-2-1-5-15(6-8)9-3-4-10(16(18)19)12-11(9)13-20-14-12/h3-4,8,17H,1-2,5-7H2. The van der Waals surface area contributed by atoms with E-state index in [1.54, 1.807) is 6.07 Å². The molecule has 1 aromatic carbocycles. The molecule has 2 aromatic rings. The number of anilines is 1. The Bertz CT molecular complexity index is 641. The van der Waals surface area contributed by atoms with Crippen molar-refractivity contribution >= 4 is 22.4 Å². The Hall–Kier alpha value is -2.22. The van der Waals surface area contributed by atoms with Crippen molar-refractivity contribution in [2.45, 2.75) is 12.8 Å². The van der Waals surface area contributed by atoms with Crippen LogP contribution in [-0.2, 0) is 0 Å². The monoisotopic (exact) mass is 278 g/mol. The summed E-state index contributed by atoms with van der Waals surface area (Å²) in [4.78, 5) is 12.5. The summed E-state index contributed by atoms with van der Waals surface area (Å²) in [6.07, 6.45) is 1.95. The van der Waals surface area contributed by atoms with E-state index in [9.17, 15) is 15.2 Å². The van der Waals surface area contributed by atoms with Crippen LogP contribution >= 0.6 is 0 Å². The molecule has 1 aliphatic rings. The highest BCUT2D eigenvalue weighted by Gasteiger charge is 2.25. The number of non-ortho nitro benzene ring substituents is 1. The summed E-state index contributed by atoms with van der Waals surface area (Å²) < 4.78 is 4.66. The fourth-order valence-electron chi connectivity index (χ4n) is 2.68. The van der Waals surface area contributed by atoms with E-state index in [0.29, 0.717) is 12.1 Å². The third kappa shape index (κ3) is 2.07. The Labute approximate surface area is 114 Å². The average Bonchev–Trinajstić information content (AvgIpc) is 2.95. The molecule has 0 amide bonds. The number of nitro groups is 1. The first-order valence-corrected chi connectivity index (χ1v) is 6.46. The molecular weight excluding hydrogens is 264 g/mol. The van der Waals surface area contributed by atoms with Crippen molar-refractivity contribution in [1.82, 2.24) is 10.3 Å². The lowest BCUT2D eigenvalue weighted by Gasteiger charge is -2.33. The summed E-state index contributed by atoms with van der Waals surface area (Å²) in [5.74, 6) is 0.217. The molecule has 1 aliphatic heterocycles. The maximum Gasteiger partial charge on any atom is 0.300 e. The van der Waals surface area contributed by atoms with Crippen molar-refractivity contribution in [3.05, 3.63) is 22.2 Å². The van der Waals surface area contributed by atoms with E-state index >= 15 is 0 Å². The molecular formula is C12H14N4O4.